The number of methoxy groups -OCH3 is 3. The summed E-state index contributed by atoms with van der Waals surface area (Å²) in [5, 5.41) is 0. The molecule has 2 atom stereocenters. The minimum absolute atomic E-state index is 0.287. The van der Waals surface area contributed by atoms with Crippen molar-refractivity contribution in [2.45, 2.75) is 32.6 Å². The van der Waals surface area contributed by atoms with Crippen molar-refractivity contribution in [3.8, 4) is 17.2 Å². The largest absolute Gasteiger partial charge is 0.496 e. The molecule has 5 nitrogen and oxygen atoms in total. The quantitative estimate of drug-likeness (QED) is 0.877. The zero-order valence-electron chi connectivity index (χ0n) is 13.6. The van der Waals surface area contributed by atoms with Crippen molar-refractivity contribution in [3.63, 3.8) is 0 Å². The maximum Gasteiger partial charge on any atom is 0.164 e. The second kappa shape index (κ2) is 7.00. The van der Waals surface area contributed by atoms with E-state index in [9.17, 15) is 0 Å². The van der Waals surface area contributed by atoms with Crippen LogP contribution in [0.3, 0.4) is 0 Å². The summed E-state index contributed by atoms with van der Waals surface area (Å²) in [5.74, 6) is 2.27. The van der Waals surface area contributed by atoms with Crippen LogP contribution in [0.4, 0.5) is 0 Å². The van der Waals surface area contributed by atoms with E-state index in [-0.39, 0.29) is 12.2 Å². The van der Waals surface area contributed by atoms with Gasteiger partial charge in [-0.15, -0.1) is 0 Å². The first-order valence-electron chi connectivity index (χ1n) is 7.35. The molecule has 118 valence electrons. The molecule has 1 aromatic carbocycles. The molecular weight excluding hydrogens is 270 g/mol. The van der Waals surface area contributed by atoms with Crippen molar-refractivity contribution in [3.05, 3.63) is 17.7 Å². The Morgan fingerprint density at radius 2 is 1.48 bits per heavy atom. The number of hydrogen-bond acceptors (Lipinski definition) is 4. The molecule has 0 radical (unpaired) electrons. The predicted octanol–water partition coefficient (Wildman–Crippen LogP) is 0.905. The fraction of sp³-hybridized carbons (Fsp3) is 0.625. The number of rotatable bonds is 5. The summed E-state index contributed by atoms with van der Waals surface area (Å²) in [6, 6.07) is 3.90. The Kier molecular flexibility index (Phi) is 5.31. The van der Waals surface area contributed by atoms with Crippen LogP contribution in [0.5, 0.6) is 17.2 Å². The third-order valence-corrected chi connectivity index (χ3v) is 3.84. The fourth-order valence-corrected chi connectivity index (χ4v) is 3.03. The monoisotopic (exact) mass is 296 g/mol. The number of nitrogens with one attached hydrogen (secondary N) is 1. The van der Waals surface area contributed by atoms with Crippen molar-refractivity contribution >= 4 is 0 Å². The number of quaternary nitrogens is 1. The van der Waals surface area contributed by atoms with Crippen LogP contribution >= 0.6 is 0 Å². The molecule has 1 N–H and O–H groups in total. The summed E-state index contributed by atoms with van der Waals surface area (Å²) < 4.78 is 22.0. The van der Waals surface area contributed by atoms with Gasteiger partial charge in [-0.25, -0.2) is 0 Å². The summed E-state index contributed by atoms with van der Waals surface area (Å²) >= 11 is 0. The van der Waals surface area contributed by atoms with Crippen molar-refractivity contribution in [2.24, 2.45) is 0 Å². The Balaban J connectivity index is 2.22. The highest BCUT2D eigenvalue weighted by atomic mass is 16.5. The van der Waals surface area contributed by atoms with Crippen LogP contribution in [0.25, 0.3) is 0 Å². The van der Waals surface area contributed by atoms with Gasteiger partial charge in [0.25, 0.3) is 0 Å². The van der Waals surface area contributed by atoms with Gasteiger partial charge in [0.1, 0.15) is 37.6 Å². The Morgan fingerprint density at radius 1 is 0.952 bits per heavy atom. The van der Waals surface area contributed by atoms with Crippen molar-refractivity contribution < 1.29 is 23.8 Å². The zero-order valence-corrected chi connectivity index (χ0v) is 13.6. The van der Waals surface area contributed by atoms with Gasteiger partial charge >= 0.3 is 0 Å². The van der Waals surface area contributed by atoms with E-state index in [1.807, 2.05) is 12.1 Å². The summed E-state index contributed by atoms with van der Waals surface area (Å²) in [6.45, 7) is 7.15. The van der Waals surface area contributed by atoms with Gasteiger partial charge in [-0.05, 0) is 19.9 Å². The molecule has 1 aliphatic heterocycles. The lowest BCUT2D eigenvalue weighted by molar-refractivity contribution is -0.928. The maximum absolute atomic E-state index is 5.80. The lowest BCUT2D eigenvalue weighted by atomic mass is 10.1. The molecule has 21 heavy (non-hydrogen) atoms. The number of morpholine rings is 1. The molecule has 1 heterocycles. The highest BCUT2D eigenvalue weighted by Gasteiger charge is 2.27. The fourth-order valence-electron chi connectivity index (χ4n) is 3.03. The lowest BCUT2D eigenvalue weighted by Crippen LogP contribution is -3.14. The molecule has 0 amide bonds. The minimum Gasteiger partial charge on any atom is -0.496 e. The average Bonchev–Trinajstić information content (AvgIpc) is 2.45. The first-order valence-corrected chi connectivity index (χ1v) is 7.35. The normalized spacial score (nSPS) is 25.5. The summed E-state index contributed by atoms with van der Waals surface area (Å²) in [4.78, 5) is 1.49. The lowest BCUT2D eigenvalue weighted by Gasteiger charge is -2.32. The maximum atomic E-state index is 5.80. The van der Waals surface area contributed by atoms with Crippen molar-refractivity contribution in [1.29, 1.82) is 0 Å². The van der Waals surface area contributed by atoms with E-state index in [1.165, 1.54) is 4.90 Å². The van der Waals surface area contributed by atoms with E-state index >= 15 is 0 Å². The minimum atomic E-state index is 0.287. The van der Waals surface area contributed by atoms with Gasteiger partial charge in [-0.3, -0.25) is 0 Å². The van der Waals surface area contributed by atoms with Gasteiger partial charge in [0.2, 0.25) is 0 Å². The third-order valence-electron chi connectivity index (χ3n) is 3.84. The van der Waals surface area contributed by atoms with Crippen molar-refractivity contribution in [1.82, 2.24) is 0 Å². The topological polar surface area (TPSA) is 41.4 Å². The van der Waals surface area contributed by atoms with Crippen LogP contribution in [0.1, 0.15) is 19.4 Å². The van der Waals surface area contributed by atoms with Gasteiger partial charge in [0, 0.05) is 6.07 Å². The van der Waals surface area contributed by atoms with E-state index in [4.69, 9.17) is 18.9 Å². The van der Waals surface area contributed by atoms with Crippen LogP contribution < -0.4 is 19.1 Å². The Morgan fingerprint density at radius 3 is 2.00 bits per heavy atom. The smallest absolute Gasteiger partial charge is 0.164 e. The van der Waals surface area contributed by atoms with Gasteiger partial charge in [-0.2, -0.15) is 0 Å². The summed E-state index contributed by atoms with van der Waals surface area (Å²) in [5.41, 5.74) is 1.13. The van der Waals surface area contributed by atoms with Crippen LogP contribution in [0.15, 0.2) is 12.1 Å². The molecule has 0 aliphatic carbocycles. The van der Waals surface area contributed by atoms with Gasteiger partial charge < -0.3 is 23.8 Å². The van der Waals surface area contributed by atoms with Gasteiger partial charge in [-0.1, -0.05) is 0 Å². The Hall–Kier alpha value is -1.46. The third kappa shape index (κ3) is 3.80. The SMILES string of the molecule is COc1cc(OC)c(OC)cc1C[NH+]1C[C@@H](C)O[C@H](C)C1. The van der Waals surface area contributed by atoms with Crippen LogP contribution in [-0.4, -0.2) is 46.6 Å². The molecular formula is C16H26NO4+. The van der Waals surface area contributed by atoms with Crippen molar-refractivity contribution in [2.75, 3.05) is 34.4 Å². The molecule has 1 aromatic rings. The van der Waals surface area contributed by atoms with Crippen LogP contribution in [0, 0.1) is 0 Å². The highest BCUT2D eigenvalue weighted by molar-refractivity contribution is 5.50. The number of ether oxygens (including phenoxy) is 4. The van der Waals surface area contributed by atoms with Crippen LogP contribution in [-0.2, 0) is 11.3 Å². The van der Waals surface area contributed by atoms with E-state index in [1.54, 1.807) is 21.3 Å². The molecule has 5 heteroatoms. The molecule has 0 bridgehead atoms. The number of benzene rings is 1. The first kappa shape index (κ1) is 15.9. The molecule has 1 saturated heterocycles. The Bertz CT molecular complexity index is 468. The standard InChI is InChI=1S/C16H25NO4/c1-11-8-17(9-12(2)21-11)10-13-6-15(19-4)16(20-5)7-14(13)18-3/h6-7,11-12H,8-10H2,1-5H3/p+1/t11-,12-/m1/s1. The molecule has 1 fully saturated rings. The summed E-state index contributed by atoms with van der Waals surface area (Å²) in [6.07, 6.45) is 0.574. The van der Waals surface area contributed by atoms with Gasteiger partial charge in [0.15, 0.2) is 11.5 Å². The van der Waals surface area contributed by atoms with Gasteiger partial charge in [0.05, 0.1) is 26.9 Å². The molecule has 0 unspecified atom stereocenters. The number of hydrogen-bond donors (Lipinski definition) is 1. The zero-order chi connectivity index (χ0) is 15.4. The highest BCUT2D eigenvalue weighted by Crippen LogP contribution is 2.34. The van der Waals surface area contributed by atoms with Crippen LogP contribution in [0.2, 0.25) is 0 Å². The molecule has 0 saturated carbocycles. The first-order chi connectivity index (χ1) is 10.1. The second-order valence-electron chi connectivity index (χ2n) is 5.61. The van der Waals surface area contributed by atoms with E-state index in [0.717, 1.165) is 36.7 Å². The molecule has 0 aromatic heterocycles. The van der Waals surface area contributed by atoms with E-state index < -0.39 is 0 Å². The molecule has 0 spiro atoms. The Labute approximate surface area is 126 Å². The molecule has 1 aliphatic rings. The predicted molar refractivity (Wildman–Crippen MR) is 80.5 cm³/mol. The average molecular weight is 296 g/mol. The summed E-state index contributed by atoms with van der Waals surface area (Å²) in [7, 11) is 4.97. The van der Waals surface area contributed by atoms with E-state index in [2.05, 4.69) is 13.8 Å². The second-order valence-corrected chi connectivity index (χ2v) is 5.61. The molecule has 2 rings (SSSR count). The van der Waals surface area contributed by atoms with E-state index in [0.29, 0.717) is 5.75 Å².